The second-order valence-electron chi connectivity index (χ2n) is 4.97. The largest absolute Gasteiger partial charge is 0.500 e. The van der Waals surface area contributed by atoms with Crippen LogP contribution in [0, 0.1) is 20.2 Å². The number of hydrogen-bond donors (Lipinski definition) is 2. The molecule has 0 saturated carbocycles. The fourth-order valence-electron chi connectivity index (χ4n) is 2.01. The molecule has 0 fully saturated rings. The highest BCUT2D eigenvalue weighted by molar-refractivity contribution is 6.34. The van der Waals surface area contributed by atoms with E-state index in [1.54, 1.807) is 0 Å². The Morgan fingerprint density at radius 2 is 1.96 bits per heavy atom. The molecule has 0 bridgehead atoms. The number of non-ortho nitro benzene ring substituents is 1. The molecule has 2 aromatic carbocycles. The first-order chi connectivity index (χ1) is 12.7. The fraction of sp³-hybridized carbons (Fsp3) is 0.0667. The summed E-state index contributed by atoms with van der Waals surface area (Å²) in [5.41, 5.74) is 1.39. The van der Waals surface area contributed by atoms with Crippen LogP contribution in [0.3, 0.4) is 0 Å². The highest BCUT2D eigenvalue weighted by atomic mass is 35.5. The van der Waals surface area contributed by atoms with Gasteiger partial charge in [0.05, 0.1) is 33.8 Å². The lowest BCUT2D eigenvalue weighted by Gasteiger charge is -2.05. The maximum absolute atomic E-state index is 12.0. The molecule has 0 aliphatic carbocycles. The minimum atomic E-state index is -0.801. The number of aromatic hydroxyl groups is 1. The van der Waals surface area contributed by atoms with E-state index < -0.39 is 27.2 Å². The number of nitrogens with zero attached hydrogens (tertiary/aromatic N) is 3. The van der Waals surface area contributed by atoms with Gasteiger partial charge < -0.3 is 9.84 Å². The van der Waals surface area contributed by atoms with E-state index >= 15 is 0 Å². The number of ether oxygens (including phenoxy) is 1. The first kappa shape index (κ1) is 19.6. The van der Waals surface area contributed by atoms with E-state index in [1.807, 2.05) is 0 Å². The zero-order chi connectivity index (χ0) is 20.1. The number of hydrogen-bond acceptors (Lipinski definition) is 8. The quantitative estimate of drug-likeness (QED) is 0.433. The number of benzene rings is 2. The molecule has 0 heterocycles. The Morgan fingerprint density at radius 1 is 1.26 bits per heavy atom. The predicted octanol–water partition coefficient (Wildman–Crippen LogP) is 2.63. The van der Waals surface area contributed by atoms with Crippen molar-refractivity contribution in [3.63, 3.8) is 0 Å². The van der Waals surface area contributed by atoms with Gasteiger partial charge in [0.2, 0.25) is 5.75 Å². The van der Waals surface area contributed by atoms with Gasteiger partial charge in [0.25, 0.3) is 11.6 Å². The van der Waals surface area contributed by atoms with Crippen molar-refractivity contribution in [3.05, 3.63) is 66.7 Å². The van der Waals surface area contributed by atoms with Crippen LogP contribution in [0.1, 0.15) is 15.9 Å². The van der Waals surface area contributed by atoms with Crippen molar-refractivity contribution < 1.29 is 24.5 Å². The van der Waals surface area contributed by atoms with Crippen LogP contribution in [0.25, 0.3) is 0 Å². The molecule has 0 atom stereocenters. The van der Waals surface area contributed by atoms with E-state index in [-0.39, 0.29) is 27.6 Å². The van der Waals surface area contributed by atoms with Crippen molar-refractivity contribution in [1.29, 1.82) is 0 Å². The zero-order valence-electron chi connectivity index (χ0n) is 13.6. The van der Waals surface area contributed by atoms with Gasteiger partial charge in [0, 0.05) is 23.8 Å². The van der Waals surface area contributed by atoms with Gasteiger partial charge in [-0.15, -0.1) is 0 Å². The third kappa shape index (κ3) is 4.46. The molecule has 12 heteroatoms. The number of amides is 1. The first-order valence-electron chi connectivity index (χ1n) is 7.07. The molecule has 1 amide bonds. The van der Waals surface area contributed by atoms with Gasteiger partial charge in [-0.1, -0.05) is 11.6 Å². The second-order valence-corrected chi connectivity index (χ2v) is 5.38. The van der Waals surface area contributed by atoms with E-state index in [4.69, 9.17) is 16.3 Å². The second kappa shape index (κ2) is 8.10. The van der Waals surface area contributed by atoms with Crippen molar-refractivity contribution in [3.8, 4) is 11.5 Å². The lowest BCUT2D eigenvalue weighted by molar-refractivity contribution is -0.386. The highest BCUT2D eigenvalue weighted by Crippen LogP contribution is 2.36. The SMILES string of the molecule is COc1cc(/C=N/NC(=O)c2ccc([N+](=O)[O-])cc2Cl)cc([N+](=O)[O-])c1O. The lowest BCUT2D eigenvalue weighted by atomic mass is 10.2. The van der Waals surface area contributed by atoms with Crippen LogP contribution in [-0.2, 0) is 0 Å². The number of rotatable bonds is 6. The van der Waals surface area contributed by atoms with Gasteiger partial charge in [-0.25, -0.2) is 5.43 Å². The van der Waals surface area contributed by atoms with E-state index in [1.165, 1.54) is 19.2 Å². The van der Waals surface area contributed by atoms with Crippen molar-refractivity contribution in [2.24, 2.45) is 5.10 Å². The normalized spacial score (nSPS) is 10.6. The molecule has 0 aromatic heterocycles. The summed E-state index contributed by atoms with van der Waals surface area (Å²) in [4.78, 5) is 32.2. The van der Waals surface area contributed by atoms with Crippen molar-refractivity contribution in [1.82, 2.24) is 5.43 Å². The number of carbonyl (C=O) groups is 1. The van der Waals surface area contributed by atoms with Gasteiger partial charge in [-0.2, -0.15) is 5.10 Å². The summed E-state index contributed by atoms with van der Waals surface area (Å²) < 4.78 is 4.84. The molecule has 140 valence electrons. The summed E-state index contributed by atoms with van der Waals surface area (Å²) in [7, 11) is 1.22. The molecule has 2 N–H and O–H groups in total. The molecule has 0 unspecified atom stereocenters. The van der Waals surface area contributed by atoms with E-state index in [9.17, 15) is 30.1 Å². The maximum Gasteiger partial charge on any atom is 0.315 e. The van der Waals surface area contributed by atoms with Crippen LogP contribution in [0.15, 0.2) is 35.4 Å². The average molecular weight is 395 g/mol. The number of nitro benzene ring substituents is 2. The maximum atomic E-state index is 12.0. The van der Waals surface area contributed by atoms with Crippen molar-refractivity contribution in [2.45, 2.75) is 0 Å². The number of nitro groups is 2. The van der Waals surface area contributed by atoms with Crippen molar-refractivity contribution >= 4 is 35.1 Å². The lowest BCUT2D eigenvalue weighted by Crippen LogP contribution is -2.18. The Kier molecular flexibility index (Phi) is 5.88. The van der Waals surface area contributed by atoms with Gasteiger partial charge in [-0.05, 0) is 12.1 Å². The van der Waals surface area contributed by atoms with Crippen LogP contribution < -0.4 is 10.2 Å². The summed E-state index contributed by atoms with van der Waals surface area (Å²) in [6, 6.07) is 5.61. The molecular weight excluding hydrogens is 384 g/mol. The number of phenols is 1. The molecule has 11 nitrogen and oxygen atoms in total. The zero-order valence-corrected chi connectivity index (χ0v) is 14.3. The Bertz CT molecular complexity index is 961. The molecule has 0 aliphatic heterocycles. The van der Waals surface area contributed by atoms with Crippen LogP contribution in [0.4, 0.5) is 11.4 Å². The van der Waals surface area contributed by atoms with Gasteiger partial charge in [-0.3, -0.25) is 25.0 Å². The highest BCUT2D eigenvalue weighted by Gasteiger charge is 2.19. The minimum Gasteiger partial charge on any atom is -0.500 e. The smallest absolute Gasteiger partial charge is 0.315 e. The number of methoxy groups -OCH3 is 1. The molecule has 2 aromatic rings. The van der Waals surface area contributed by atoms with E-state index in [0.717, 1.165) is 24.4 Å². The predicted molar refractivity (Wildman–Crippen MR) is 94.5 cm³/mol. The molecule has 27 heavy (non-hydrogen) atoms. The monoisotopic (exact) mass is 394 g/mol. The minimum absolute atomic E-state index is 0.0475. The third-order valence-corrected chi connectivity index (χ3v) is 3.59. The summed E-state index contributed by atoms with van der Waals surface area (Å²) in [6.45, 7) is 0. The summed E-state index contributed by atoms with van der Waals surface area (Å²) in [6.07, 6.45) is 1.09. The molecular formula is C15H11ClN4O7. The summed E-state index contributed by atoms with van der Waals surface area (Å²) in [5, 5.41) is 34.8. The van der Waals surface area contributed by atoms with Crippen LogP contribution in [-0.4, -0.2) is 34.2 Å². The number of carbonyl (C=O) groups excluding carboxylic acids is 1. The summed E-state index contributed by atoms with van der Waals surface area (Å²) in [5.74, 6) is -1.52. The van der Waals surface area contributed by atoms with Crippen LogP contribution in [0.2, 0.25) is 5.02 Å². The van der Waals surface area contributed by atoms with Gasteiger partial charge >= 0.3 is 5.69 Å². The first-order valence-corrected chi connectivity index (χ1v) is 7.45. The Hall–Kier alpha value is -3.73. The fourth-order valence-corrected chi connectivity index (χ4v) is 2.27. The molecule has 2 rings (SSSR count). The number of nitrogens with one attached hydrogen (secondary N) is 1. The Labute approximate surface area is 156 Å². The van der Waals surface area contributed by atoms with Crippen LogP contribution in [0.5, 0.6) is 11.5 Å². The standard InChI is InChI=1S/C15H11ClN4O7/c1-27-13-5-8(4-12(14(13)21)20(25)26)7-17-18-15(22)10-3-2-9(19(23)24)6-11(10)16/h2-7,21H,1H3,(H,18,22)/b17-7+. The topological polar surface area (TPSA) is 157 Å². The van der Waals surface area contributed by atoms with E-state index in [2.05, 4.69) is 10.5 Å². The van der Waals surface area contributed by atoms with Gasteiger partial charge in [0.15, 0.2) is 5.75 Å². The molecule has 0 spiro atoms. The van der Waals surface area contributed by atoms with E-state index in [0.29, 0.717) is 0 Å². The third-order valence-electron chi connectivity index (χ3n) is 3.28. The Balaban J connectivity index is 2.20. The molecule has 0 aliphatic rings. The van der Waals surface area contributed by atoms with Crippen molar-refractivity contribution in [2.75, 3.05) is 7.11 Å². The number of hydrazone groups is 1. The van der Waals surface area contributed by atoms with Gasteiger partial charge in [0.1, 0.15) is 0 Å². The summed E-state index contributed by atoms with van der Waals surface area (Å²) >= 11 is 5.84. The average Bonchev–Trinajstić information content (AvgIpc) is 2.62. The van der Waals surface area contributed by atoms with Crippen LogP contribution >= 0.6 is 11.6 Å². The number of halogens is 1. The molecule has 0 saturated heterocycles. The number of phenolic OH excluding ortho intramolecular Hbond substituents is 1. The Morgan fingerprint density at radius 3 is 2.52 bits per heavy atom. The molecule has 0 radical (unpaired) electrons.